The molecular formula is C15H14BrNO4. The Morgan fingerprint density at radius 2 is 2.00 bits per heavy atom. The van der Waals surface area contributed by atoms with E-state index in [1.165, 1.54) is 7.11 Å². The fourth-order valence-corrected chi connectivity index (χ4v) is 3.21. The molecule has 2 unspecified atom stereocenters. The third-order valence-electron chi connectivity index (χ3n) is 3.66. The van der Waals surface area contributed by atoms with Gasteiger partial charge in [0.05, 0.1) is 25.3 Å². The highest BCUT2D eigenvalue weighted by molar-refractivity contribution is 9.10. The molecule has 1 aliphatic carbocycles. The number of nitrogens with zero attached hydrogens (tertiary/aromatic N) is 1. The average molecular weight is 352 g/mol. The highest BCUT2D eigenvalue weighted by Gasteiger charge is 2.74. The fraction of sp³-hybridized carbons (Fsp3) is 0.400. The summed E-state index contributed by atoms with van der Waals surface area (Å²) in [5.41, 5.74) is 0.0111. The Balaban J connectivity index is 2.39. The summed E-state index contributed by atoms with van der Waals surface area (Å²) >= 11 is 3.33. The molecule has 2 rings (SSSR count). The van der Waals surface area contributed by atoms with E-state index in [0.717, 1.165) is 0 Å². The molecule has 5 nitrogen and oxygen atoms in total. The molecule has 1 fully saturated rings. The van der Waals surface area contributed by atoms with Gasteiger partial charge in [-0.05, 0) is 31.0 Å². The molecule has 0 radical (unpaired) electrons. The van der Waals surface area contributed by atoms with Gasteiger partial charge in [-0.2, -0.15) is 5.26 Å². The van der Waals surface area contributed by atoms with E-state index in [0.29, 0.717) is 17.5 Å². The molecule has 1 aliphatic rings. The van der Waals surface area contributed by atoms with E-state index in [-0.39, 0.29) is 6.61 Å². The van der Waals surface area contributed by atoms with Crippen molar-refractivity contribution < 1.29 is 19.1 Å². The van der Waals surface area contributed by atoms with Gasteiger partial charge in [-0.15, -0.1) is 0 Å². The molecule has 1 aromatic rings. The monoisotopic (exact) mass is 351 g/mol. The van der Waals surface area contributed by atoms with Gasteiger partial charge in [0.25, 0.3) is 0 Å². The zero-order valence-electron chi connectivity index (χ0n) is 11.7. The van der Waals surface area contributed by atoms with E-state index in [4.69, 9.17) is 4.74 Å². The second kappa shape index (κ2) is 5.49. The molecule has 1 saturated carbocycles. The molecule has 2 atom stereocenters. The van der Waals surface area contributed by atoms with E-state index in [9.17, 15) is 14.9 Å². The quantitative estimate of drug-likeness (QED) is 0.614. The molecule has 0 aliphatic heterocycles. The number of ether oxygens (including phenoxy) is 2. The largest absolute Gasteiger partial charge is 0.465 e. The minimum Gasteiger partial charge on any atom is -0.465 e. The zero-order chi connectivity index (χ0) is 15.7. The van der Waals surface area contributed by atoms with Crippen molar-refractivity contribution in [3.8, 4) is 6.07 Å². The summed E-state index contributed by atoms with van der Waals surface area (Å²) in [6, 6.07) is 8.58. The number of rotatable bonds is 4. The molecule has 0 aromatic heterocycles. The first kappa shape index (κ1) is 15.5. The standard InChI is InChI=1S/C15H14BrNO4/c1-3-21-13(19)15(8-14(15,16)9-17)11-6-4-10(5-7-11)12(18)20-2/h4-7H,3,8H2,1-2H3. The smallest absolute Gasteiger partial charge is 0.337 e. The van der Waals surface area contributed by atoms with Crippen LogP contribution in [0.2, 0.25) is 0 Å². The third kappa shape index (κ3) is 2.32. The van der Waals surface area contributed by atoms with Crippen molar-refractivity contribution in [2.75, 3.05) is 13.7 Å². The molecule has 0 saturated heterocycles. The summed E-state index contributed by atoms with van der Waals surface area (Å²) < 4.78 is 8.78. The number of alkyl halides is 1. The van der Waals surface area contributed by atoms with Gasteiger partial charge in [0.1, 0.15) is 9.74 Å². The SMILES string of the molecule is CCOC(=O)C1(c2ccc(C(=O)OC)cc2)CC1(Br)C#N. The maximum Gasteiger partial charge on any atom is 0.337 e. The predicted molar refractivity (Wildman–Crippen MR) is 78.0 cm³/mol. The number of benzene rings is 1. The Hall–Kier alpha value is -1.87. The van der Waals surface area contributed by atoms with Gasteiger partial charge in [0, 0.05) is 0 Å². The second-order valence-electron chi connectivity index (χ2n) is 4.78. The summed E-state index contributed by atoms with van der Waals surface area (Å²) in [7, 11) is 1.30. The van der Waals surface area contributed by atoms with Crippen molar-refractivity contribution in [1.82, 2.24) is 0 Å². The lowest BCUT2D eigenvalue weighted by Gasteiger charge is -2.17. The Morgan fingerprint density at radius 1 is 1.38 bits per heavy atom. The summed E-state index contributed by atoms with van der Waals surface area (Å²) in [5, 5.41) is 9.28. The van der Waals surface area contributed by atoms with Crippen LogP contribution in [-0.2, 0) is 19.7 Å². The van der Waals surface area contributed by atoms with Gasteiger partial charge >= 0.3 is 11.9 Å². The molecule has 0 spiro atoms. The number of nitriles is 1. The molecule has 21 heavy (non-hydrogen) atoms. The maximum atomic E-state index is 12.3. The van der Waals surface area contributed by atoms with Gasteiger partial charge in [-0.25, -0.2) is 4.79 Å². The van der Waals surface area contributed by atoms with Crippen LogP contribution in [0.25, 0.3) is 0 Å². The van der Waals surface area contributed by atoms with Gasteiger partial charge < -0.3 is 9.47 Å². The number of carbonyl (C=O) groups is 2. The molecule has 0 amide bonds. The zero-order valence-corrected chi connectivity index (χ0v) is 13.3. The van der Waals surface area contributed by atoms with Crippen molar-refractivity contribution in [3.63, 3.8) is 0 Å². The first-order valence-corrected chi connectivity index (χ1v) is 7.20. The van der Waals surface area contributed by atoms with E-state index >= 15 is 0 Å². The Labute approximate surface area is 131 Å². The molecule has 1 aromatic carbocycles. The summed E-state index contributed by atoms with van der Waals surface area (Å²) in [4.78, 5) is 23.7. The molecular weight excluding hydrogens is 338 g/mol. The van der Waals surface area contributed by atoms with E-state index in [2.05, 4.69) is 26.7 Å². The number of esters is 2. The lowest BCUT2D eigenvalue weighted by Crippen LogP contribution is -2.30. The van der Waals surface area contributed by atoms with Crippen LogP contribution in [0.4, 0.5) is 0 Å². The molecule has 0 N–H and O–H groups in total. The van der Waals surface area contributed by atoms with Gasteiger partial charge in [-0.3, -0.25) is 4.79 Å². The second-order valence-corrected chi connectivity index (χ2v) is 6.14. The Morgan fingerprint density at radius 3 is 2.43 bits per heavy atom. The van der Waals surface area contributed by atoms with E-state index in [1.807, 2.05) is 0 Å². The molecule has 110 valence electrons. The normalized spacial score (nSPS) is 26.6. The molecule has 6 heteroatoms. The van der Waals surface area contributed by atoms with Crippen molar-refractivity contribution in [2.45, 2.75) is 23.1 Å². The van der Waals surface area contributed by atoms with E-state index < -0.39 is 21.7 Å². The minimum atomic E-state index is -1.02. The minimum absolute atomic E-state index is 0.245. The number of hydrogen-bond acceptors (Lipinski definition) is 5. The molecule has 0 bridgehead atoms. The van der Waals surface area contributed by atoms with Crippen LogP contribution >= 0.6 is 15.9 Å². The Kier molecular flexibility index (Phi) is 4.06. The van der Waals surface area contributed by atoms with Crippen LogP contribution in [0.3, 0.4) is 0 Å². The first-order valence-electron chi connectivity index (χ1n) is 6.41. The predicted octanol–water partition coefficient (Wildman–Crippen LogP) is 2.34. The summed E-state index contributed by atoms with van der Waals surface area (Å²) in [5.74, 6) is -0.887. The third-order valence-corrected chi connectivity index (χ3v) is 4.79. The topological polar surface area (TPSA) is 76.4 Å². The summed E-state index contributed by atoms with van der Waals surface area (Å²) in [6.45, 7) is 1.96. The van der Waals surface area contributed by atoms with Crippen LogP contribution < -0.4 is 0 Å². The van der Waals surface area contributed by atoms with Crippen molar-refractivity contribution in [3.05, 3.63) is 35.4 Å². The number of carbonyl (C=O) groups excluding carboxylic acids is 2. The number of halogens is 1. The number of hydrogen-bond donors (Lipinski definition) is 0. The van der Waals surface area contributed by atoms with Gasteiger partial charge in [0.2, 0.25) is 0 Å². The van der Waals surface area contributed by atoms with Crippen LogP contribution in [0.1, 0.15) is 29.3 Å². The van der Waals surface area contributed by atoms with Crippen molar-refractivity contribution >= 4 is 27.9 Å². The van der Waals surface area contributed by atoms with Gasteiger partial charge in [-0.1, -0.05) is 28.1 Å². The number of methoxy groups -OCH3 is 1. The highest BCUT2D eigenvalue weighted by atomic mass is 79.9. The van der Waals surface area contributed by atoms with Crippen LogP contribution in [0, 0.1) is 11.3 Å². The van der Waals surface area contributed by atoms with Crippen molar-refractivity contribution in [1.29, 1.82) is 5.26 Å². The van der Waals surface area contributed by atoms with Crippen LogP contribution in [-0.4, -0.2) is 30.0 Å². The fourth-order valence-electron chi connectivity index (χ4n) is 2.40. The van der Waals surface area contributed by atoms with E-state index in [1.54, 1.807) is 31.2 Å². The summed E-state index contributed by atoms with van der Waals surface area (Å²) in [6.07, 6.45) is 0.340. The maximum absolute atomic E-state index is 12.3. The average Bonchev–Trinajstić information content (AvgIpc) is 3.15. The van der Waals surface area contributed by atoms with Gasteiger partial charge in [0.15, 0.2) is 0 Å². The lowest BCUT2D eigenvalue weighted by molar-refractivity contribution is -0.146. The first-order chi connectivity index (χ1) is 9.95. The lowest BCUT2D eigenvalue weighted by atomic mass is 9.92. The Bertz CT molecular complexity index is 622. The highest BCUT2D eigenvalue weighted by Crippen LogP contribution is 2.63. The van der Waals surface area contributed by atoms with Crippen LogP contribution in [0.15, 0.2) is 24.3 Å². The van der Waals surface area contributed by atoms with Crippen LogP contribution in [0.5, 0.6) is 0 Å². The molecule has 0 heterocycles. The van der Waals surface area contributed by atoms with Crippen molar-refractivity contribution in [2.24, 2.45) is 0 Å².